The Morgan fingerprint density at radius 1 is 0.982 bits per heavy atom. The average molecular weight is 810 g/mol. The number of carbonyl (C=O) groups excluding carboxylic acids is 6. The number of hydrogen-bond acceptors (Lipinski definition) is 14. The largest absolute Gasteiger partial charge is 0.512 e. The van der Waals surface area contributed by atoms with E-state index in [9.17, 15) is 44.1 Å². The molecule has 4 N–H and O–H groups in total. The van der Waals surface area contributed by atoms with E-state index < -0.39 is 118 Å². The van der Waals surface area contributed by atoms with Crippen LogP contribution in [0.2, 0.25) is 0 Å². The molecule has 1 aliphatic heterocycles. The van der Waals surface area contributed by atoms with E-state index in [4.69, 9.17) is 35.3 Å². The second kappa shape index (κ2) is 15.7. The second-order valence-corrected chi connectivity index (χ2v) is 15.5. The molecule has 6 rings (SSSR count). The van der Waals surface area contributed by atoms with Crippen LogP contribution in [0.4, 0.5) is 0 Å². The van der Waals surface area contributed by atoms with Gasteiger partial charge in [0.2, 0.25) is 11.9 Å². The first kappa shape index (κ1) is 41.5. The fourth-order valence-electron chi connectivity index (χ4n) is 8.76. The maximum atomic E-state index is 14.7. The summed E-state index contributed by atoms with van der Waals surface area (Å²) in [6.45, 7) is 6.39. The van der Waals surface area contributed by atoms with Crippen LogP contribution in [-0.2, 0) is 47.7 Å². The summed E-state index contributed by atoms with van der Waals surface area (Å²) in [5.74, 6) is -8.29. The average Bonchev–Trinajstić information content (AvgIpc) is 3.16. The monoisotopic (exact) mass is 809 g/mol. The Labute approximate surface area is 332 Å². The van der Waals surface area contributed by atoms with Gasteiger partial charge in [-0.25, -0.2) is 4.79 Å². The van der Waals surface area contributed by atoms with E-state index in [2.05, 4.69) is 5.32 Å². The molecule has 9 atom stereocenters. The summed E-state index contributed by atoms with van der Waals surface area (Å²) in [6.07, 6.45) is -9.05. The number of alkyl halides is 1. The van der Waals surface area contributed by atoms with E-state index >= 15 is 0 Å². The van der Waals surface area contributed by atoms with Crippen LogP contribution in [0.1, 0.15) is 69.4 Å². The molecule has 57 heavy (non-hydrogen) atoms. The van der Waals surface area contributed by atoms with E-state index in [1.165, 1.54) is 20.8 Å². The molecule has 1 heterocycles. The number of benzene rings is 2. The normalized spacial score (nSPS) is 29.8. The van der Waals surface area contributed by atoms with E-state index in [-0.39, 0.29) is 29.7 Å². The summed E-state index contributed by atoms with van der Waals surface area (Å²) in [4.78, 5) is 80.7. The van der Waals surface area contributed by atoms with Crippen LogP contribution in [0.15, 0.2) is 83.1 Å². The third-order valence-corrected chi connectivity index (χ3v) is 11.8. The molecule has 2 fully saturated rings. The highest BCUT2D eigenvalue weighted by Crippen LogP contribution is 2.60. The van der Waals surface area contributed by atoms with Crippen molar-refractivity contribution < 1.29 is 67.8 Å². The van der Waals surface area contributed by atoms with Gasteiger partial charge in [-0.05, 0) is 35.8 Å². The molecule has 16 heteroatoms. The Morgan fingerprint density at radius 3 is 2.18 bits per heavy atom. The van der Waals surface area contributed by atoms with Gasteiger partial charge >= 0.3 is 23.9 Å². The number of aliphatic hydroxyl groups is 3. The second-order valence-electron chi connectivity index (χ2n) is 15.2. The molecule has 4 aliphatic rings. The van der Waals surface area contributed by atoms with Gasteiger partial charge in [-0.3, -0.25) is 24.0 Å². The molecule has 0 aromatic heterocycles. The van der Waals surface area contributed by atoms with Gasteiger partial charge in [0, 0.05) is 43.2 Å². The topological polar surface area (TPSA) is 221 Å². The molecular weight excluding hydrogens is 766 g/mol. The van der Waals surface area contributed by atoms with Crippen molar-refractivity contribution in [3.05, 3.63) is 94.3 Å². The molecule has 304 valence electrons. The Kier molecular flexibility index (Phi) is 11.4. The summed E-state index contributed by atoms with van der Waals surface area (Å²) in [7, 11) is 0. The van der Waals surface area contributed by atoms with Crippen molar-refractivity contribution >= 4 is 47.2 Å². The van der Waals surface area contributed by atoms with Crippen LogP contribution in [0.5, 0.6) is 0 Å². The van der Waals surface area contributed by atoms with Crippen LogP contribution in [0.3, 0.4) is 0 Å². The minimum Gasteiger partial charge on any atom is -0.512 e. The zero-order chi connectivity index (χ0) is 41.6. The number of esters is 4. The lowest BCUT2D eigenvalue weighted by Gasteiger charge is -2.62. The zero-order valence-corrected chi connectivity index (χ0v) is 32.6. The summed E-state index contributed by atoms with van der Waals surface area (Å²) in [6, 6.07) is 14.9. The van der Waals surface area contributed by atoms with Crippen molar-refractivity contribution in [2.24, 2.45) is 11.3 Å². The number of Topliss-reactive ketones (excluding diaryl/α,β-unsaturated/α-hetero) is 1. The van der Waals surface area contributed by atoms with E-state index in [0.29, 0.717) is 5.56 Å². The lowest BCUT2D eigenvalue weighted by molar-refractivity contribution is -0.299. The number of rotatable bonds is 10. The van der Waals surface area contributed by atoms with E-state index in [1.54, 1.807) is 60.7 Å². The fourth-order valence-corrected chi connectivity index (χ4v) is 8.82. The van der Waals surface area contributed by atoms with Crippen LogP contribution >= 0.6 is 11.6 Å². The first-order valence-corrected chi connectivity index (χ1v) is 18.8. The van der Waals surface area contributed by atoms with Crippen LogP contribution < -0.4 is 5.32 Å². The van der Waals surface area contributed by atoms with Crippen LogP contribution in [0, 0.1) is 11.3 Å². The van der Waals surface area contributed by atoms with Gasteiger partial charge in [-0.1, -0.05) is 62.4 Å². The van der Waals surface area contributed by atoms with Gasteiger partial charge in [0.25, 0.3) is 5.91 Å². The van der Waals surface area contributed by atoms with E-state index in [0.717, 1.165) is 13.8 Å². The van der Waals surface area contributed by atoms with Crippen molar-refractivity contribution in [2.75, 3.05) is 12.5 Å². The molecule has 1 saturated heterocycles. The quantitative estimate of drug-likeness (QED) is 0.117. The summed E-state index contributed by atoms with van der Waals surface area (Å²) >= 11 is 5.82. The number of carbonyl (C=O) groups is 6. The Balaban J connectivity index is 1.48. The van der Waals surface area contributed by atoms with Crippen LogP contribution in [-0.4, -0.2) is 105 Å². The zero-order valence-electron chi connectivity index (χ0n) is 31.9. The summed E-state index contributed by atoms with van der Waals surface area (Å²) < 4.78 is 28.7. The lowest BCUT2D eigenvalue weighted by atomic mass is 9.51. The smallest absolute Gasteiger partial charge is 0.350 e. The van der Waals surface area contributed by atoms with Crippen molar-refractivity contribution in [3.8, 4) is 0 Å². The van der Waals surface area contributed by atoms with Gasteiger partial charge in [0.05, 0.1) is 18.6 Å². The van der Waals surface area contributed by atoms with Gasteiger partial charge in [0.1, 0.15) is 35.5 Å². The molecule has 15 nitrogen and oxygen atoms in total. The molecule has 2 aromatic rings. The fraction of sp³-hybridized carbons (Fsp3) is 0.463. The van der Waals surface area contributed by atoms with Gasteiger partial charge in [-0.15, -0.1) is 11.6 Å². The number of nitrogens with one attached hydrogen (secondary N) is 1. The molecule has 3 aliphatic carbocycles. The van der Waals surface area contributed by atoms with E-state index in [1.807, 2.05) is 0 Å². The third kappa shape index (κ3) is 7.22. The van der Waals surface area contributed by atoms with Crippen molar-refractivity contribution in [1.29, 1.82) is 0 Å². The highest BCUT2D eigenvalue weighted by atomic mass is 35.5. The lowest BCUT2D eigenvalue weighted by Crippen LogP contribution is -2.75. The molecule has 0 spiro atoms. The highest BCUT2D eigenvalue weighted by molar-refractivity contribution is 6.26. The van der Waals surface area contributed by atoms with Crippen molar-refractivity contribution in [1.82, 2.24) is 5.32 Å². The molecule has 1 saturated carbocycles. The Morgan fingerprint density at radius 2 is 1.61 bits per heavy atom. The number of amides is 1. The summed E-state index contributed by atoms with van der Waals surface area (Å²) in [5.41, 5.74) is -5.46. The number of aliphatic hydroxyl groups excluding tert-OH is 2. The Bertz CT molecular complexity index is 2030. The predicted octanol–water partition coefficient (Wildman–Crippen LogP) is 3.11. The van der Waals surface area contributed by atoms with Gasteiger partial charge in [-0.2, -0.15) is 0 Å². The number of ketones is 1. The first-order chi connectivity index (χ1) is 26.9. The highest BCUT2D eigenvalue weighted by Gasteiger charge is 2.71. The minimum absolute atomic E-state index is 0.0353. The van der Waals surface area contributed by atoms with Crippen LogP contribution in [0.25, 0.3) is 0 Å². The number of ether oxygens (including phenoxy) is 5. The van der Waals surface area contributed by atoms with Crippen molar-refractivity contribution in [2.45, 2.75) is 95.2 Å². The molecule has 2 unspecified atom stereocenters. The number of halogens is 1. The SMILES string of the molecule is CC(=O)O[C@H]1C(=O)C2=C(O)CC3OC[C@@]3(OC(C)=O)C2[C@H](O)[C@]2(O)C[C@H](OC(=O)[C@H](OC(=O)CCl)[C@@H](NC(=O)c3ccccc3)c3ccccc3)C(C)=C1C2(C)C. The molecular formula is C41H44ClNO14. The maximum absolute atomic E-state index is 14.7. The minimum atomic E-state index is -2.38. The maximum Gasteiger partial charge on any atom is 0.350 e. The third-order valence-electron chi connectivity index (χ3n) is 11.6. The van der Waals surface area contributed by atoms with Crippen molar-refractivity contribution in [3.63, 3.8) is 0 Å². The predicted molar refractivity (Wildman–Crippen MR) is 198 cm³/mol. The number of fused-ring (bicyclic) bond motifs is 5. The molecule has 2 aromatic carbocycles. The molecule has 0 radical (unpaired) electrons. The molecule has 2 bridgehead atoms. The standard InChI is InChI=1S/C41H44ClNO14/c1-20-26(55-38(51)35(56-28(47)18-42)32(23-12-8-6-9-13-23)43-37(50)24-14-10-7-11-15-24)17-41(52)36(49)31-29(25(46)16-27-40(31,19-53-27)57-22(3)45)33(48)34(54-21(2)44)30(20)39(41,4)5/h6-15,26-27,31-32,34-36,46,49,52H,16-19H2,1-5H3,(H,43,50)/t26-,27?,31?,32-,34+,35+,36-,40-,41+/m0/s1. The molecule has 1 amide bonds. The Hall–Kier alpha value is -5.09. The summed E-state index contributed by atoms with van der Waals surface area (Å²) in [5, 5.41) is 39.5. The number of hydrogen-bond donors (Lipinski definition) is 4. The van der Waals surface area contributed by atoms with Gasteiger partial charge < -0.3 is 44.3 Å². The van der Waals surface area contributed by atoms with Gasteiger partial charge in [0.15, 0.2) is 11.7 Å². The first-order valence-electron chi connectivity index (χ1n) is 18.3.